The highest BCUT2D eigenvalue weighted by Gasteiger charge is 2.22. The molecule has 0 unspecified atom stereocenters. The molecule has 0 radical (unpaired) electrons. The summed E-state index contributed by atoms with van der Waals surface area (Å²) in [5.74, 6) is -0.203. The van der Waals surface area contributed by atoms with Crippen LogP contribution in [0.5, 0.6) is 0 Å². The standard InChI is InChI=1S/C12H17N3O3/c1-18-11(16)8-15-7-10(6-13-15)14-12(17)9-4-2-3-5-9/h6-7,9H,2-5,8H2,1H3,(H,14,17). The molecule has 1 N–H and O–H groups in total. The number of hydrogen-bond donors (Lipinski definition) is 1. The van der Waals surface area contributed by atoms with Crippen LogP contribution in [0.3, 0.4) is 0 Å². The predicted molar refractivity (Wildman–Crippen MR) is 64.8 cm³/mol. The van der Waals surface area contributed by atoms with E-state index in [2.05, 4.69) is 15.2 Å². The molecular weight excluding hydrogens is 234 g/mol. The summed E-state index contributed by atoms with van der Waals surface area (Å²) in [5.41, 5.74) is 0.621. The number of nitrogens with one attached hydrogen (secondary N) is 1. The predicted octanol–water partition coefficient (Wildman–Crippen LogP) is 1.18. The lowest BCUT2D eigenvalue weighted by molar-refractivity contribution is -0.141. The first-order chi connectivity index (χ1) is 8.69. The van der Waals surface area contributed by atoms with Crippen LogP contribution in [0.4, 0.5) is 5.69 Å². The molecule has 0 saturated heterocycles. The quantitative estimate of drug-likeness (QED) is 0.816. The van der Waals surface area contributed by atoms with Crippen LogP contribution in [-0.4, -0.2) is 28.8 Å². The molecule has 1 amide bonds. The second-order valence-corrected chi connectivity index (χ2v) is 4.47. The average molecular weight is 251 g/mol. The van der Waals surface area contributed by atoms with E-state index in [9.17, 15) is 9.59 Å². The number of methoxy groups -OCH3 is 1. The van der Waals surface area contributed by atoms with Crippen molar-refractivity contribution in [2.24, 2.45) is 5.92 Å². The summed E-state index contributed by atoms with van der Waals surface area (Å²) in [6, 6.07) is 0. The highest BCUT2D eigenvalue weighted by Crippen LogP contribution is 2.25. The van der Waals surface area contributed by atoms with Crippen molar-refractivity contribution >= 4 is 17.6 Å². The van der Waals surface area contributed by atoms with Gasteiger partial charge in [0, 0.05) is 12.1 Å². The molecule has 1 aliphatic rings. The van der Waals surface area contributed by atoms with E-state index in [1.54, 1.807) is 6.20 Å². The van der Waals surface area contributed by atoms with E-state index in [0.29, 0.717) is 5.69 Å². The van der Waals surface area contributed by atoms with Gasteiger partial charge >= 0.3 is 5.97 Å². The van der Waals surface area contributed by atoms with E-state index in [4.69, 9.17) is 0 Å². The Morgan fingerprint density at radius 1 is 1.50 bits per heavy atom. The Morgan fingerprint density at radius 2 is 2.22 bits per heavy atom. The minimum Gasteiger partial charge on any atom is -0.468 e. The molecule has 2 rings (SSSR count). The Labute approximate surface area is 105 Å². The van der Waals surface area contributed by atoms with E-state index in [1.165, 1.54) is 18.0 Å². The first-order valence-corrected chi connectivity index (χ1v) is 6.09. The Balaban J connectivity index is 1.89. The van der Waals surface area contributed by atoms with Crippen LogP contribution in [0.25, 0.3) is 0 Å². The van der Waals surface area contributed by atoms with E-state index in [0.717, 1.165) is 25.7 Å². The zero-order valence-electron chi connectivity index (χ0n) is 10.4. The van der Waals surface area contributed by atoms with Crippen molar-refractivity contribution in [2.75, 3.05) is 12.4 Å². The summed E-state index contributed by atoms with van der Waals surface area (Å²) in [6.45, 7) is 0.0514. The SMILES string of the molecule is COC(=O)Cn1cc(NC(=O)C2CCCC2)cn1. The molecule has 98 valence electrons. The molecule has 1 saturated carbocycles. The third-order valence-electron chi connectivity index (χ3n) is 3.15. The number of anilines is 1. The van der Waals surface area contributed by atoms with Crippen molar-refractivity contribution in [2.45, 2.75) is 32.2 Å². The fourth-order valence-electron chi connectivity index (χ4n) is 2.14. The highest BCUT2D eigenvalue weighted by molar-refractivity contribution is 5.92. The summed E-state index contributed by atoms with van der Waals surface area (Å²) in [7, 11) is 1.33. The van der Waals surface area contributed by atoms with Gasteiger partial charge in [-0.1, -0.05) is 12.8 Å². The largest absolute Gasteiger partial charge is 0.468 e. The van der Waals surface area contributed by atoms with Gasteiger partial charge in [-0.05, 0) is 12.8 Å². The number of carbonyl (C=O) groups is 2. The molecule has 1 aromatic heterocycles. The number of carbonyl (C=O) groups excluding carboxylic acids is 2. The van der Waals surface area contributed by atoms with Gasteiger partial charge in [0.15, 0.2) is 0 Å². The lowest BCUT2D eigenvalue weighted by Gasteiger charge is -2.07. The summed E-state index contributed by atoms with van der Waals surface area (Å²) < 4.78 is 5.98. The smallest absolute Gasteiger partial charge is 0.327 e. The Bertz CT molecular complexity index is 436. The lowest BCUT2D eigenvalue weighted by atomic mass is 10.1. The number of ether oxygens (including phenoxy) is 1. The topological polar surface area (TPSA) is 73.2 Å². The van der Waals surface area contributed by atoms with Crippen molar-refractivity contribution < 1.29 is 14.3 Å². The maximum Gasteiger partial charge on any atom is 0.327 e. The summed E-state index contributed by atoms with van der Waals surface area (Å²) >= 11 is 0. The van der Waals surface area contributed by atoms with Gasteiger partial charge in [-0.25, -0.2) is 0 Å². The number of esters is 1. The zero-order chi connectivity index (χ0) is 13.0. The molecule has 0 spiro atoms. The van der Waals surface area contributed by atoms with Gasteiger partial charge in [0.05, 0.1) is 19.0 Å². The highest BCUT2D eigenvalue weighted by atomic mass is 16.5. The molecule has 1 fully saturated rings. The monoisotopic (exact) mass is 251 g/mol. The van der Waals surface area contributed by atoms with Gasteiger partial charge in [-0.15, -0.1) is 0 Å². The van der Waals surface area contributed by atoms with Gasteiger partial charge in [-0.3, -0.25) is 14.3 Å². The minimum absolute atomic E-state index is 0.0464. The zero-order valence-corrected chi connectivity index (χ0v) is 10.4. The Hall–Kier alpha value is -1.85. The van der Waals surface area contributed by atoms with Gasteiger partial charge in [0.1, 0.15) is 6.54 Å². The first kappa shape index (κ1) is 12.6. The van der Waals surface area contributed by atoms with Crippen LogP contribution in [0, 0.1) is 5.92 Å². The molecule has 0 aromatic carbocycles. The van der Waals surface area contributed by atoms with Crippen LogP contribution in [0.15, 0.2) is 12.4 Å². The van der Waals surface area contributed by atoms with E-state index in [1.807, 2.05) is 0 Å². The Kier molecular flexibility index (Phi) is 3.96. The van der Waals surface area contributed by atoms with E-state index in [-0.39, 0.29) is 24.3 Å². The molecule has 1 aliphatic carbocycles. The van der Waals surface area contributed by atoms with Crippen molar-refractivity contribution in [3.8, 4) is 0 Å². The molecule has 6 heteroatoms. The van der Waals surface area contributed by atoms with Crippen LogP contribution in [0.1, 0.15) is 25.7 Å². The fourth-order valence-corrected chi connectivity index (χ4v) is 2.14. The maximum atomic E-state index is 11.9. The molecule has 6 nitrogen and oxygen atoms in total. The number of amides is 1. The van der Waals surface area contributed by atoms with Gasteiger partial charge < -0.3 is 10.1 Å². The van der Waals surface area contributed by atoms with Crippen molar-refractivity contribution in [3.05, 3.63) is 12.4 Å². The van der Waals surface area contributed by atoms with Crippen LogP contribution in [0.2, 0.25) is 0 Å². The van der Waals surface area contributed by atoms with Crippen molar-refractivity contribution in [3.63, 3.8) is 0 Å². The second kappa shape index (κ2) is 5.66. The van der Waals surface area contributed by atoms with Crippen LogP contribution < -0.4 is 5.32 Å². The van der Waals surface area contributed by atoms with Crippen molar-refractivity contribution in [1.29, 1.82) is 0 Å². The normalized spacial score (nSPS) is 15.6. The maximum absolute atomic E-state index is 11.9. The third kappa shape index (κ3) is 3.09. The third-order valence-corrected chi connectivity index (χ3v) is 3.15. The molecule has 1 heterocycles. The van der Waals surface area contributed by atoms with E-state index < -0.39 is 0 Å². The lowest BCUT2D eigenvalue weighted by Crippen LogP contribution is -2.20. The molecule has 0 bridgehead atoms. The fraction of sp³-hybridized carbons (Fsp3) is 0.583. The first-order valence-electron chi connectivity index (χ1n) is 6.09. The summed E-state index contributed by atoms with van der Waals surface area (Å²) in [4.78, 5) is 22.9. The molecule has 0 atom stereocenters. The number of rotatable bonds is 4. The number of nitrogens with zero attached hydrogens (tertiary/aromatic N) is 2. The summed E-state index contributed by atoms with van der Waals surface area (Å²) in [5, 5.41) is 6.81. The molecule has 18 heavy (non-hydrogen) atoms. The van der Waals surface area contributed by atoms with Gasteiger partial charge in [0.25, 0.3) is 0 Å². The second-order valence-electron chi connectivity index (χ2n) is 4.47. The van der Waals surface area contributed by atoms with Crippen molar-refractivity contribution in [1.82, 2.24) is 9.78 Å². The molecular formula is C12H17N3O3. The van der Waals surface area contributed by atoms with Gasteiger partial charge in [0.2, 0.25) is 5.91 Å². The van der Waals surface area contributed by atoms with Crippen LogP contribution >= 0.6 is 0 Å². The number of aromatic nitrogens is 2. The minimum atomic E-state index is -0.369. The van der Waals surface area contributed by atoms with Gasteiger partial charge in [-0.2, -0.15) is 5.10 Å². The van der Waals surface area contributed by atoms with E-state index >= 15 is 0 Å². The average Bonchev–Trinajstić information content (AvgIpc) is 3.00. The van der Waals surface area contributed by atoms with Crippen LogP contribution in [-0.2, 0) is 20.9 Å². The number of hydrogen-bond acceptors (Lipinski definition) is 4. The molecule has 0 aliphatic heterocycles. The molecule has 1 aromatic rings. The summed E-state index contributed by atoms with van der Waals surface area (Å²) in [6.07, 6.45) is 7.34. The Morgan fingerprint density at radius 3 is 2.89 bits per heavy atom.